The second-order valence-corrected chi connectivity index (χ2v) is 6.29. The zero-order chi connectivity index (χ0) is 13.3. The van der Waals surface area contributed by atoms with Crippen molar-refractivity contribution in [1.29, 1.82) is 0 Å². The van der Waals surface area contributed by atoms with Gasteiger partial charge in [-0.05, 0) is 37.0 Å². The molecule has 4 nitrogen and oxygen atoms in total. The number of nitrogens with two attached hydrogens (primary N) is 1. The highest BCUT2D eigenvalue weighted by Gasteiger charge is 2.27. The van der Waals surface area contributed by atoms with E-state index in [1.54, 1.807) is 0 Å². The average molecular weight is 276 g/mol. The van der Waals surface area contributed by atoms with Crippen LogP contribution < -0.4 is 10.5 Å². The van der Waals surface area contributed by atoms with Crippen LogP contribution in [0.15, 0.2) is 23.1 Å². The molecule has 18 heavy (non-hydrogen) atoms. The first-order valence-electron chi connectivity index (χ1n) is 5.59. The Morgan fingerprint density at radius 2 is 1.94 bits per heavy atom. The van der Waals surface area contributed by atoms with E-state index in [4.69, 9.17) is 5.73 Å². The third-order valence-electron chi connectivity index (χ3n) is 3.04. The van der Waals surface area contributed by atoms with Crippen molar-refractivity contribution < 1.29 is 17.2 Å². The Balaban J connectivity index is 2.03. The van der Waals surface area contributed by atoms with Gasteiger partial charge in [0.05, 0.1) is 4.90 Å². The van der Waals surface area contributed by atoms with E-state index in [0.29, 0.717) is 6.07 Å². The zero-order valence-electron chi connectivity index (χ0n) is 9.57. The highest BCUT2D eigenvalue weighted by molar-refractivity contribution is 7.89. The average Bonchev–Trinajstić information content (AvgIpc) is 2.26. The molecule has 0 unspecified atom stereocenters. The van der Waals surface area contributed by atoms with E-state index in [1.165, 1.54) is 0 Å². The van der Waals surface area contributed by atoms with Crippen LogP contribution in [0.1, 0.15) is 12.8 Å². The predicted octanol–water partition coefficient (Wildman–Crippen LogP) is 0.980. The quantitative estimate of drug-likeness (QED) is 0.861. The molecule has 1 aromatic rings. The molecule has 2 rings (SSSR count). The maximum absolute atomic E-state index is 13.0. The summed E-state index contributed by atoms with van der Waals surface area (Å²) in [6, 6.07) is 2.64. The van der Waals surface area contributed by atoms with Crippen LogP contribution in [-0.2, 0) is 10.0 Å². The molecule has 0 bridgehead atoms. The maximum atomic E-state index is 13.0. The lowest BCUT2D eigenvalue weighted by atomic mass is 9.81. The van der Waals surface area contributed by atoms with Crippen LogP contribution in [0.3, 0.4) is 0 Å². The van der Waals surface area contributed by atoms with Crippen molar-refractivity contribution in [2.24, 2.45) is 11.7 Å². The number of benzene rings is 1. The summed E-state index contributed by atoms with van der Waals surface area (Å²) >= 11 is 0. The molecule has 1 aromatic carbocycles. The summed E-state index contributed by atoms with van der Waals surface area (Å²) in [4.78, 5) is -0.273. The summed E-state index contributed by atoms with van der Waals surface area (Å²) in [6.07, 6.45) is 1.56. The van der Waals surface area contributed by atoms with Gasteiger partial charge in [-0.2, -0.15) is 0 Å². The second kappa shape index (κ2) is 4.91. The van der Waals surface area contributed by atoms with Crippen LogP contribution in [0.25, 0.3) is 0 Å². The van der Waals surface area contributed by atoms with Crippen molar-refractivity contribution in [2.45, 2.75) is 23.8 Å². The highest BCUT2D eigenvalue weighted by atomic mass is 32.2. The molecule has 7 heteroatoms. The molecule has 0 aliphatic heterocycles. The van der Waals surface area contributed by atoms with Gasteiger partial charge < -0.3 is 5.73 Å². The Kier molecular flexibility index (Phi) is 3.65. The topological polar surface area (TPSA) is 72.2 Å². The van der Waals surface area contributed by atoms with Gasteiger partial charge in [-0.15, -0.1) is 0 Å². The van der Waals surface area contributed by atoms with Gasteiger partial charge in [0.1, 0.15) is 0 Å². The number of halogens is 2. The minimum Gasteiger partial charge on any atom is -0.328 e. The number of nitrogens with one attached hydrogen (secondary N) is 1. The summed E-state index contributed by atoms with van der Waals surface area (Å²) in [7, 11) is -3.79. The van der Waals surface area contributed by atoms with Crippen molar-refractivity contribution in [3.05, 3.63) is 29.8 Å². The van der Waals surface area contributed by atoms with Crippen LogP contribution in [0.4, 0.5) is 8.78 Å². The summed E-state index contributed by atoms with van der Waals surface area (Å²) in [5, 5.41) is 0. The first kappa shape index (κ1) is 13.4. The Labute approximate surface area is 104 Å². The normalized spacial score (nSPS) is 23.7. The highest BCUT2D eigenvalue weighted by Crippen LogP contribution is 2.25. The molecular weight excluding hydrogens is 262 g/mol. The fourth-order valence-corrected chi connectivity index (χ4v) is 3.04. The van der Waals surface area contributed by atoms with Crippen molar-refractivity contribution >= 4 is 10.0 Å². The van der Waals surface area contributed by atoms with Gasteiger partial charge >= 0.3 is 0 Å². The molecule has 1 aliphatic carbocycles. The Bertz CT molecular complexity index is 542. The molecule has 1 fully saturated rings. The van der Waals surface area contributed by atoms with Gasteiger partial charge in [-0.1, -0.05) is 0 Å². The lowest BCUT2D eigenvalue weighted by Crippen LogP contribution is -2.42. The summed E-state index contributed by atoms with van der Waals surface area (Å²) in [6.45, 7) is 0.273. The second-order valence-electron chi connectivity index (χ2n) is 4.53. The standard InChI is InChI=1S/C11H14F2N2O2S/c12-10-2-1-9(5-11(10)13)18(16,17)15-6-7-3-8(14)4-7/h1-2,5,7-8,15H,3-4,6,14H2. The predicted molar refractivity (Wildman–Crippen MR) is 62.2 cm³/mol. The summed E-state index contributed by atoms with van der Waals surface area (Å²) in [5.74, 6) is -2.03. The monoisotopic (exact) mass is 276 g/mol. The molecule has 100 valence electrons. The van der Waals surface area contributed by atoms with Gasteiger partial charge in [0.25, 0.3) is 0 Å². The van der Waals surface area contributed by atoms with E-state index in [9.17, 15) is 17.2 Å². The molecular formula is C11H14F2N2O2S. The molecule has 1 aliphatic rings. The number of rotatable bonds is 4. The van der Waals surface area contributed by atoms with Gasteiger partial charge in [0, 0.05) is 12.6 Å². The van der Waals surface area contributed by atoms with Gasteiger partial charge in [-0.25, -0.2) is 21.9 Å². The first-order valence-corrected chi connectivity index (χ1v) is 7.07. The number of hydrogen-bond acceptors (Lipinski definition) is 3. The van der Waals surface area contributed by atoms with Crippen LogP contribution in [0.5, 0.6) is 0 Å². The largest absolute Gasteiger partial charge is 0.328 e. The molecule has 0 amide bonds. The van der Waals surface area contributed by atoms with Gasteiger partial charge in [0.15, 0.2) is 11.6 Å². The number of hydrogen-bond donors (Lipinski definition) is 2. The molecule has 0 radical (unpaired) electrons. The van der Waals surface area contributed by atoms with E-state index >= 15 is 0 Å². The first-order chi connectivity index (χ1) is 8.38. The zero-order valence-corrected chi connectivity index (χ0v) is 10.4. The Hall–Kier alpha value is -1.05. The van der Waals surface area contributed by atoms with Gasteiger partial charge in [0.2, 0.25) is 10.0 Å². The van der Waals surface area contributed by atoms with Crippen LogP contribution >= 0.6 is 0 Å². The minimum atomic E-state index is -3.79. The molecule has 0 saturated heterocycles. The van der Waals surface area contributed by atoms with Crippen LogP contribution in [0, 0.1) is 17.6 Å². The van der Waals surface area contributed by atoms with E-state index in [2.05, 4.69) is 4.72 Å². The van der Waals surface area contributed by atoms with E-state index < -0.39 is 21.7 Å². The van der Waals surface area contributed by atoms with E-state index in [0.717, 1.165) is 25.0 Å². The maximum Gasteiger partial charge on any atom is 0.240 e. The minimum absolute atomic E-state index is 0.141. The SMILES string of the molecule is NC1CC(CNS(=O)(=O)c2ccc(F)c(F)c2)C1. The Morgan fingerprint density at radius 3 is 2.50 bits per heavy atom. The van der Waals surface area contributed by atoms with E-state index in [-0.39, 0.29) is 23.4 Å². The molecule has 0 atom stereocenters. The third kappa shape index (κ3) is 2.85. The summed E-state index contributed by atoms with van der Waals surface area (Å²) < 4.78 is 51.6. The molecule has 0 aromatic heterocycles. The molecule has 1 saturated carbocycles. The number of sulfonamides is 1. The molecule has 3 N–H and O–H groups in total. The van der Waals surface area contributed by atoms with Crippen molar-refractivity contribution in [2.75, 3.05) is 6.54 Å². The van der Waals surface area contributed by atoms with Crippen LogP contribution in [0.2, 0.25) is 0 Å². The third-order valence-corrected chi connectivity index (χ3v) is 4.46. The van der Waals surface area contributed by atoms with Crippen molar-refractivity contribution in [1.82, 2.24) is 4.72 Å². The molecule has 0 heterocycles. The fraction of sp³-hybridized carbons (Fsp3) is 0.455. The summed E-state index contributed by atoms with van der Waals surface area (Å²) in [5.41, 5.74) is 5.59. The van der Waals surface area contributed by atoms with Crippen molar-refractivity contribution in [3.63, 3.8) is 0 Å². The van der Waals surface area contributed by atoms with Crippen molar-refractivity contribution in [3.8, 4) is 0 Å². The smallest absolute Gasteiger partial charge is 0.240 e. The van der Waals surface area contributed by atoms with E-state index in [1.807, 2.05) is 0 Å². The molecule has 0 spiro atoms. The van der Waals surface area contributed by atoms with Crippen LogP contribution in [-0.4, -0.2) is 21.0 Å². The van der Waals surface area contributed by atoms with Gasteiger partial charge in [-0.3, -0.25) is 0 Å². The Morgan fingerprint density at radius 1 is 1.28 bits per heavy atom. The lowest BCUT2D eigenvalue weighted by Gasteiger charge is -2.32. The fourth-order valence-electron chi connectivity index (χ4n) is 1.91. The lowest BCUT2D eigenvalue weighted by molar-refractivity contribution is 0.267.